The van der Waals surface area contributed by atoms with Crippen molar-refractivity contribution in [3.8, 4) is 5.69 Å². The molecule has 1 aliphatic rings. The summed E-state index contributed by atoms with van der Waals surface area (Å²) < 4.78 is 31.7. The smallest absolute Gasteiger partial charge is 0.354 e. The van der Waals surface area contributed by atoms with Crippen LogP contribution in [0.4, 0.5) is 8.78 Å². The highest BCUT2D eigenvalue weighted by molar-refractivity contribution is 6.33. The van der Waals surface area contributed by atoms with Crippen LogP contribution in [0, 0.1) is 0 Å². The summed E-state index contributed by atoms with van der Waals surface area (Å²) in [5, 5.41) is -0.0431. The normalized spacial score (nSPS) is 14.8. The molecule has 0 spiro atoms. The number of ether oxygens (including phenoxy) is 1. The highest BCUT2D eigenvalue weighted by Gasteiger charge is 2.51. The summed E-state index contributed by atoms with van der Waals surface area (Å²) in [6.45, 7) is 1.30. The van der Waals surface area contributed by atoms with Crippen molar-refractivity contribution in [2.75, 3.05) is 5.84 Å². The maximum atomic E-state index is 12.9. The molecule has 1 aromatic heterocycles. The van der Waals surface area contributed by atoms with Crippen LogP contribution < -0.4 is 17.1 Å². The Morgan fingerprint density at radius 2 is 1.89 bits per heavy atom. The van der Waals surface area contributed by atoms with Crippen LogP contribution in [0.25, 0.3) is 5.69 Å². The van der Waals surface area contributed by atoms with Crippen molar-refractivity contribution in [3.05, 3.63) is 61.4 Å². The van der Waals surface area contributed by atoms with E-state index in [4.69, 9.17) is 22.2 Å². The summed E-state index contributed by atoms with van der Waals surface area (Å²) in [4.78, 5) is 48.5. The van der Waals surface area contributed by atoms with Gasteiger partial charge in [-0.05, 0) is 38.0 Å². The summed E-state index contributed by atoms with van der Waals surface area (Å²) >= 11 is 6.00. The van der Waals surface area contributed by atoms with E-state index >= 15 is 0 Å². The van der Waals surface area contributed by atoms with Gasteiger partial charge in [-0.2, -0.15) is 0 Å². The molecule has 0 bridgehead atoms. The highest BCUT2D eigenvalue weighted by atomic mass is 35.5. The molecule has 0 amide bonds. The predicted molar refractivity (Wildman–Crippen MR) is 94.5 cm³/mol. The number of aromatic nitrogens is 2. The lowest BCUT2D eigenvalue weighted by molar-refractivity contribution is -0.127. The lowest BCUT2D eigenvalue weighted by Crippen LogP contribution is -2.43. The highest BCUT2D eigenvalue weighted by Crippen LogP contribution is 2.41. The summed E-state index contributed by atoms with van der Waals surface area (Å²) in [7, 11) is 0. The Bertz CT molecular complexity index is 1100. The predicted octanol–water partition coefficient (Wildman–Crippen LogP) is 1.58. The number of alkyl halides is 2. The Hall–Kier alpha value is -3.01. The van der Waals surface area contributed by atoms with E-state index in [2.05, 4.69) is 0 Å². The average Bonchev–Trinajstić information content (AvgIpc) is 3.40. The van der Waals surface area contributed by atoms with Crippen LogP contribution >= 0.6 is 11.6 Å². The van der Waals surface area contributed by atoms with Gasteiger partial charge in [0.25, 0.3) is 12.0 Å². The van der Waals surface area contributed by atoms with E-state index in [0.29, 0.717) is 23.5 Å². The number of ketones is 1. The average molecular weight is 414 g/mol. The second-order valence-electron chi connectivity index (χ2n) is 6.30. The second kappa shape index (κ2) is 6.86. The molecule has 0 saturated heterocycles. The number of carbonyl (C=O) groups excluding carboxylic acids is 2. The van der Waals surface area contributed by atoms with Crippen LogP contribution in [0.2, 0.25) is 5.02 Å². The number of hydrogen-bond donors (Lipinski definition) is 1. The van der Waals surface area contributed by atoms with E-state index in [1.54, 1.807) is 0 Å². The number of esters is 1. The van der Waals surface area contributed by atoms with Crippen molar-refractivity contribution >= 4 is 23.4 Å². The topological polar surface area (TPSA) is 113 Å². The first-order chi connectivity index (χ1) is 13.1. The molecule has 1 heterocycles. The number of halogens is 3. The number of carbonyl (C=O) groups is 2. The zero-order valence-electron chi connectivity index (χ0n) is 14.4. The summed E-state index contributed by atoms with van der Waals surface area (Å²) in [5.41, 5.74) is -4.75. The number of nitrogen functional groups attached to an aromatic ring is 1. The third kappa shape index (κ3) is 3.31. The van der Waals surface area contributed by atoms with Gasteiger partial charge in [-0.25, -0.2) is 27.6 Å². The van der Waals surface area contributed by atoms with E-state index in [9.17, 15) is 28.0 Å². The molecule has 0 radical (unpaired) electrons. The van der Waals surface area contributed by atoms with Gasteiger partial charge in [-0.1, -0.05) is 11.6 Å². The largest absolute Gasteiger partial charge is 0.447 e. The number of Topliss-reactive ketones (excluding diaryl/α,β-unsaturated/α-hetero) is 1. The molecule has 8 nitrogen and oxygen atoms in total. The fourth-order valence-electron chi connectivity index (χ4n) is 2.66. The van der Waals surface area contributed by atoms with Crippen molar-refractivity contribution in [3.63, 3.8) is 0 Å². The van der Waals surface area contributed by atoms with E-state index in [-0.39, 0.29) is 26.7 Å². The fraction of sp³-hybridized carbons (Fsp3) is 0.294. The second-order valence-corrected chi connectivity index (χ2v) is 6.71. The Labute approximate surface area is 161 Å². The van der Waals surface area contributed by atoms with E-state index in [0.717, 1.165) is 6.07 Å². The number of nitrogens with zero attached hydrogens (tertiary/aromatic N) is 2. The Kier molecular flexibility index (Phi) is 4.84. The molecule has 1 aromatic carbocycles. The number of hydrogen-bond acceptors (Lipinski definition) is 6. The van der Waals surface area contributed by atoms with Gasteiger partial charge in [0.2, 0.25) is 0 Å². The molecular weight excluding hydrogens is 400 g/mol. The van der Waals surface area contributed by atoms with Gasteiger partial charge < -0.3 is 10.6 Å². The maximum Gasteiger partial charge on any atom is 0.354 e. The number of nitrogens with two attached hydrogens (primary N) is 1. The fourth-order valence-corrected chi connectivity index (χ4v) is 2.85. The van der Waals surface area contributed by atoms with Crippen molar-refractivity contribution < 1.29 is 23.1 Å². The van der Waals surface area contributed by atoms with E-state index in [1.165, 1.54) is 19.1 Å². The van der Waals surface area contributed by atoms with Crippen LogP contribution in [0.3, 0.4) is 0 Å². The first kappa shape index (κ1) is 19.7. The molecule has 11 heteroatoms. The summed E-state index contributed by atoms with van der Waals surface area (Å²) in [6.07, 6.45) is -2.35. The number of benzene rings is 1. The molecule has 3 rings (SSSR count). The Balaban J connectivity index is 2.07. The van der Waals surface area contributed by atoms with Crippen molar-refractivity contribution in [1.29, 1.82) is 0 Å². The zero-order valence-corrected chi connectivity index (χ0v) is 15.2. The molecule has 28 heavy (non-hydrogen) atoms. The third-order valence-electron chi connectivity index (χ3n) is 4.45. The van der Waals surface area contributed by atoms with Gasteiger partial charge in [-0.3, -0.25) is 9.59 Å². The van der Waals surface area contributed by atoms with Crippen LogP contribution in [-0.2, 0) is 9.53 Å². The SMILES string of the molecule is CC(=O)C1(OC(=O)c2cc(-n3c(=O)cc(C(F)F)n(N)c3=O)ccc2Cl)CC1. The van der Waals surface area contributed by atoms with E-state index in [1.807, 2.05) is 0 Å². The zero-order chi connectivity index (χ0) is 20.8. The molecule has 0 atom stereocenters. The minimum Gasteiger partial charge on any atom is -0.447 e. The Morgan fingerprint density at radius 3 is 2.43 bits per heavy atom. The van der Waals surface area contributed by atoms with Gasteiger partial charge in [0.05, 0.1) is 16.3 Å². The third-order valence-corrected chi connectivity index (χ3v) is 4.78. The minimum atomic E-state index is -3.13. The van der Waals surface area contributed by atoms with Crippen molar-refractivity contribution in [1.82, 2.24) is 9.24 Å². The van der Waals surface area contributed by atoms with Crippen LogP contribution in [0.1, 0.15) is 42.2 Å². The Morgan fingerprint density at radius 1 is 1.25 bits per heavy atom. The first-order valence-corrected chi connectivity index (χ1v) is 8.42. The van der Waals surface area contributed by atoms with Crippen LogP contribution in [0.15, 0.2) is 33.9 Å². The van der Waals surface area contributed by atoms with Crippen LogP contribution in [-0.4, -0.2) is 26.6 Å². The molecule has 2 N–H and O–H groups in total. The van der Waals surface area contributed by atoms with Gasteiger partial charge in [0.15, 0.2) is 11.4 Å². The standard InChI is InChI=1S/C17H14ClF2N3O5/c1-8(24)17(4-5-17)28-15(26)10-6-9(2-3-11(10)18)22-13(25)7-12(14(19)20)23(21)16(22)27/h2-3,6-7,14H,4-5,21H2,1H3. The van der Waals surface area contributed by atoms with Gasteiger partial charge in [-0.15, -0.1) is 0 Å². The van der Waals surface area contributed by atoms with Gasteiger partial charge >= 0.3 is 11.7 Å². The van der Waals surface area contributed by atoms with Crippen molar-refractivity contribution in [2.45, 2.75) is 31.8 Å². The molecule has 1 aliphatic carbocycles. The molecule has 1 fully saturated rings. The summed E-state index contributed by atoms with van der Waals surface area (Å²) in [5.74, 6) is 4.13. The summed E-state index contributed by atoms with van der Waals surface area (Å²) in [6, 6.07) is 4.08. The van der Waals surface area contributed by atoms with Gasteiger partial charge in [0.1, 0.15) is 5.69 Å². The molecule has 2 aromatic rings. The number of rotatable bonds is 5. The molecule has 148 valence electrons. The lowest BCUT2D eigenvalue weighted by Gasteiger charge is -2.15. The van der Waals surface area contributed by atoms with E-state index < -0.39 is 34.9 Å². The lowest BCUT2D eigenvalue weighted by atomic mass is 10.2. The quantitative estimate of drug-likeness (QED) is 0.588. The van der Waals surface area contributed by atoms with Crippen molar-refractivity contribution in [2.24, 2.45) is 0 Å². The van der Waals surface area contributed by atoms with Crippen LogP contribution in [0.5, 0.6) is 0 Å². The molecule has 0 unspecified atom stereocenters. The molecular formula is C17H14ClF2N3O5. The monoisotopic (exact) mass is 413 g/mol. The minimum absolute atomic E-state index is 0.0431. The first-order valence-electron chi connectivity index (χ1n) is 8.04. The molecule has 1 saturated carbocycles. The maximum absolute atomic E-state index is 12.9. The van der Waals surface area contributed by atoms with Gasteiger partial charge in [0, 0.05) is 6.07 Å². The molecule has 0 aliphatic heterocycles.